The van der Waals surface area contributed by atoms with Gasteiger partial charge in [0.1, 0.15) is 0 Å². The van der Waals surface area contributed by atoms with Crippen LogP contribution in [0.25, 0.3) is 0 Å². The minimum atomic E-state index is 0.574. The second-order valence-electron chi connectivity index (χ2n) is 7.53. The van der Waals surface area contributed by atoms with Crippen LogP contribution in [-0.4, -0.2) is 29.0 Å². The van der Waals surface area contributed by atoms with E-state index in [1.54, 1.807) is 19.3 Å². The predicted octanol–water partition coefficient (Wildman–Crippen LogP) is 3.46. The van der Waals surface area contributed by atoms with Gasteiger partial charge in [0.25, 0.3) is 0 Å². The van der Waals surface area contributed by atoms with Crippen molar-refractivity contribution in [3.8, 4) is 0 Å². The van der Waals surface area contributed by atoms with E-state index in [0.29, 0.717) is 5.54 Å². The largest absolute Gasteiger partial charge is 0.367 e. The molecule has 4 aliphatic carbocycles. The van der Waals surface area contributed by atoms with Gasteiger partial charge in [0, 0.05) is 24.5 Å². The Morgan fingerprint density at radius 1 is 1.16 bits per heavy atom. The zero-order chi connectivity index (χ0) is 12.9. The smallest absolute Gasteiger partial charge is 0.0214 e. The molecular weight excluding hydrogens is 232 g/mol. The Morgan fingerprint density at radius 3 is 2.32 bits per heavy atom. The Morgan fingerprint density at radius 2 is 1.79 bits per heavy atom. The standard InChI is InChI=1S/C17H26N2/c1-19(5-3-13-2-4-18-12-13)17-9-14-6-15(10-17)8-16(7-14)11-17/h2,4,12,14-16,18H,3,5-11H2,1H3. The third kappa shape index (κ3) is 2.05. The van der Waals surface area contributed by atoms with Crippen LogP contribution in [0.15, 0.2) is 18.5 Å². The highest BCUT2D eigenvalue weighted by Gasteiger charge is 2.52. The van der Waals surface area contributed by atoms with Gasteiger partial charge < -0.3 is 9.88 Å². The van der Waals surface area contributed by atoms with Gasteiger partial charge in [-0.05, 0) is 81.4 Å². The van der Waals surface area contributed by atoms with Gasteiger partial charge in [0.15, 0.2) is 0 Å². The number of aromatic nitrogens is 1. The lowest BCUT2D eigenvalue weighted by atomic mass is 9.52. The number of hydrogen-bond donors (Lipinski definition) is 1. The summed E-state index contributed by atoms with van der Waals surface area (Å²) < 4.78 is 0. The van der Waals surface area contributed by atoms with E-state index < -0.39 is 0 Å². The number of likely N-dealkylation sites (N-methyl/N-ethyl adjacent to an activating group) is 1. The van der Waals surface area contributed by atoms with Gasteiger partial charge in [-0.1, -0.05) is 0 Å². The molecule has 5 rings (SSSR count). The molecule has 19 heavy (non-hydrogen) atoms. The SMILES string of the molecule is CN(CCc1cc[nH]c1)C12CC3CC(CC(C3)C1)C2. The molecule has 4 fully saturated rings. The third-order valence-corrected chi connectivity index (χ3v) is 6.21. The fraction of sp³-hybridized carbons (Fsp3) is 0.765. The molecule has 104 valence electrons. The number of nitrogens with one attached hydrogen (secondary N) is 1. The van der Waals surface area contributed by atoms with Crippen LogP contribution in [0.1, 0.15) is 44.1 Å². The highest BCUT2D eigenvalue weighted by Crippen LogP contribution is 2.57. The average molecular weight is 258 g/mol. The van der Waals surface area contributed by atoms with E-state index in [2.05, 4.69) is 29.2 Å². The zero-order valence-corrected chi connectivity index (χ0v) is 12.1. The van der Waals surface area contributed by atoms with Crippen LogP contribution in [-0.2, 0) is 6.42 Å². The summed E-state index contributed by atoms with van der Waals surface area (Å²) in [6.07, 6.45) is 14.5. The molecule has 1 aromatic rings. The summed E-state index contributed by atoms with van der Waals surface area (Å²) in [6, 6.07) is 2.22. The van der Waals surface area contributed by atoms with Gasteiger partial charge in [-0.2, -0.15) is 0 Å². The first kappa shape index (κ1) is 12.0. The van der Waals surface area contributed by atoms with Gasteiger partial charge in [0.05, 0.1) is 0 Å². The molecule has 1 aromatic heterocycles. The molecule has 0 amide bonds. The monoisotopic (exact) mass is 258 g/mol. The first-order valence-electron chi connectivity index (χ1n) is 8.06. The highest BCUT2D eigenvalue weighted by atomic mass is 15.2. The van der Waals surface area contributed by atoms with E-state index in [1.807, 2.05) is 6.20 Å². The Hall–Kier alpha value is -0.760. The Kier molecular flexibility index (Phi) is 2.77. The van der Waals surface area contributed by atoms with Crippen molar-refractivity contribution >= 4 is 0 Å². The van der Waals surface area contributed by atoms with Crippen molar-refractivity contribution in [3.05, 3.63) is 24.0 Å². The molecule has 0 radical (unpaired) electrons. The summed E-state index contributed by atoms with van der Waals surface area (Å²) in [5.74, 6) is 3.17. The summed E-state index contributed by atoms with van der Waals surface area (Å²) in [6.45, 7) is 1.23. The van der Waals surface area contributed by atoms with Crippen molar-refractivity contribution in [1.82, 2.24) is 9.88 Å². The molecule has 0 saturated heterocycles. The Bertz CT molecular complexity index is 399. The molecule has 4 bridgehead atoms. The van der Waals surface area contributed by atoms with Crippen LogP contribution in [0, 0.1) is 17.8 Å². The van der Waals surface area contributed by atoms with E-state index in [9.17, 15) is 0 Å². The summed E-state index contributed by atoms with van der Waals surface area (Å²) in [4.78, 5) is 5.90. The van der Waals surface area contributed by atoms with Crippen LogP contribution in [0.2, 0.25) is 0 Å². The molecule has 4 aliphatic rings. The van der Waals surface area contributed by atoms with E-state index in [1.165, 1.54) is 37.8 Å². The number of H-pyrrole nitrogens is 1. The van der Waals surface area contributed by atoms with Crippen molar-refractivity contribution in [2.45, 2.75) is 50.5 Å². The van der Waals surface area contributed by atoms with Crippen molar-refractivity contribution in [2.75, 3.05) is 13.6 Å². The van der Waals surface area contributed by atoms with E-state index >= 15 is 0 Å². The molecule has 2 nitrogen and oxygen atoms in total. The third-order valence-electron chi connectivity index (χ3n) is 6.21. The molecule has 0 spiro atoms. The minimum absolute atomic E-state index is 0.574. The number of aromatic amines is 1. The predicted molar refractivity (Wildman–Crippen MR) is 78.0 cm³/mol. The lowest BCUT2D eigenvalue weighted by Gasteiger charge is -2.60. The first-order valence-corrected chi connectivity index (χ1v) is 8.06. The maximum atomic E-state index is 3.17. The van der Waals surface area contributed by atoms with Gasteiger partial charge in [-0.3, -0.25) is 0 Å². The highest BCUT2D eigenvalue weighted by molar-refractivity contribution is 5.10. The molecular formula is C17H26N2. The summed E-state index contributed by atoms with van der Waals surface area (Å²) in [5.41, 5.74) is 2.03. The fourth-order valence-electron chi connectivity index (χ4n) is 5.58. The molecule has 1 N–H and O–H groups in total. The van der Waals surface area contributed by atoms with Crippen molar-refractivity contribution in [2.24, 2.45) is 17.8 Å². The average Bonchev–Trinajstić information content (AvgIpc) is 2.87. The van der Waals surface area contributed by atoms with Gasteiger partial charge >= 0.3 is 0 Å². The van der Waals surface area contributed by atoms with Gasteiger partial charge in [-0.25, -0.2) is 0 Å². The van der Waals surface area contributed by atoms with Crippen LogP contribution in [0.5, 0.6) is 0 Å². The lowest BCUT2D eigenvalue weighted by Crippen LogP contribution is -2.59. The number of nitrogens with zero attached hydrogens (tertiary/aromatic N) is 1. The van der Waals surface area contributed by atoms with Crippen LogP contribution >= 0.6 is 0 Å². The quantitative estimate of drug-likeness (QED) is 0.876. The Labute approximate surface area is 116 Å². The summed E-state index contributed by atoms with van der Waals surface area (Å²) in [7, 11) is 2.39. The van der Waals surface area contributed by atoms with E-state index in [-0.39, 0.29) is 0 Å². The van der Waals surface area contributed by atoms with Crippen LogP contribution in [0.4, 0.5) is 0 Å². The second kappa shape index (κ2) is 4.37. The molecule has 2 heteroatoms. The second-order valence-corrected chi connectivity index (χ2v) is 7.53. The van der Waals surface area contributed by atoms with Crippen LogP contribution < -0.4 is 0 Å². The van der Waals surface area contributed by atoms with Gasteiger partial charge in [0.2, 0.25) is 0 Å². The van der Waals surface area contributed by atoms with E-state index in [4.69, 9.17) is 0 Å². The molecule has 1 heterocycles. The topological polar surface area (TPSA) is 19.0 Å². The van der Waals surface area contributed by atoms with Crippen molar-refractivity contribution in [3.63, 3.8) is 0 Å². The Balaban J connectivity index is 1.45. The van der Waals surface area contributed by atoms with Crippen molar-refractivity contribution < 1.29 is 0 Å². The summed E-state index contributed by atoms with van der Waals surface area (Å²) in [5, 5.41) is 0. The molecule has 0 atom stereocenters. The first-order chi connectivity index (χ1) is 9.23. The maximum Gasteiger partial charge on any atom is 0.0214 e. The molecule has 0 aliphatic heterocycles. The summed E-state index contributed by atoms with van der Waals surface area (Å²) >= 11 is 0. The van der Waals surface area contributed by atoms with Gasteiger partial charge in [-0.15, -0.1) is 0 Å². The van der Waals surface area contributed by atoms with E-state index in [0.717, 1.165) is 17.8 Å². The fourth-order valence-corrected chi connectivity index (χ4v) is 5.58. The zero-order valence-electron chi connectivity index (χ0n) is 12.1. The normalized spacial score (nSPS) is 40.2. The number of hydrogen-bond acceptors (Lipinski definition) is 1. The molecule has 0 unspecified atom stereocenters. The number of rotatable bonds is 4. The maximum absolute atomic E-state index is 3.17. The van der Waals surface area contributed by atoms with Crippen molar-refractivity contribution in [1.29, 1.82) is 0 Å². The van der Waals surface area contributed by atoms with Crippen LogP contribution in [0.3, 0.4) is 0 Å². The molecule has 4 saturated carbocycles. The minimum Gasteiger partial charge on any atom is -0.367 e. The lowest BCUT2D eigenvalue weighted by molar-refractivity contribution is -0.0785. The molecule has 0 aromatic carbocycles.